The summed E-state index contributed by atoms with van der Waals surface area (Å²) in [5.74, 6) is 0.503. The van der Waals surface area contributed by atoms with Crippen LogP contribution in [0.4, 0.5) is 5.69 Å². The zero-order valence-electron chi connectivity index (χ0n) is 19.2. The van der Waals surface area contributed by atoms with Crippen molar-refractivity contribution in [2.45, 2.75) is 46.3 Å². The van der Waals surface area contributed by atoms with Gasteiger partial charge in [-0.2, -0.15) is 4.98 Å². The second-order valence-electron chi connectivity index (χ2n) is 8.04. The van der Waals surface area contributed by atoms with Crippen LogP contribution in [0.25, 0.3) is 10.2 Å². The molecule has 0 fully saturated rings. The highest BCUT2D eigenvalue weighted by Crippen LogP contribution is 2.35. The number of methoxy groups -OCH3 is 2. The predicted octanol–water partition coefficient (Wildman–Crippen LogP) is 4.33. The van der Waals surface area contributed by atoms with E-state index >= 15 is 0 Å². The van der Waals surface area contributed by atoms with Crippen molar-refractivity contribution >= 4 is 39.1 Å². The van der Waals surface area contributed by atoms with Gasteiger partial charge in [-0.05, 0) is 57.0 Å². The Kier molecular flexibility index (Phi) is 7.10. The molecule has 170 valence electrons. The molecule has 8 nitrogen and oxygen atoms in total. The molecule has 0 bridgehead atoms. The van der Waals surface area contributed by atoms with E-state index in [9.17, 15) is 9.59 Å². The maximum atomic E-state index is 13.0. The van der Waals surface area contributed by atoms with Crippen molar-refractivity contribution < 1.29 is 19.1 Å². The van der Waals surface area contributed by atoms with E-state index in [2.05, 4.69) is 20.6 Å². The smallest absolute Gasteiger partial charge is 0.266 e. The van der Waals surface area contributed by atoms with Gasteiger partial charge >= 0.3 is 0 Å². The Morgan fingerprint density at radius 1 is 1.09 bits per heavy atom. The van der Waals surface area contributed by atoms with E-state index in [4.69, 9.17) is 9.47 Å². The molecule has 3 aromatic rings. The monoisotopic (exact) mass is 456 g/mol. The average molecular weight is 457 g/mol. The van der Waals surface area contributed by atoms with Crippen molar-refractivity contribution in [2.75, 3.05) is 19.5 Å². The van der Waals surface area contributed by atoms with Crippen LogP contribution in [0.5, 0.6) is 5.88 Å². The lowest BCUT2D eigenvalue weighted by Gasteiger charge is -2.24. The minimum absolute atomic E-state index is 0.146. The molecule has 0 atom stereocenters. The second-order valence-corrected chi connectivity index (χ2v) is 9.04. The van der Waals surface area contributed by atoms with Crippen LogP contribution in [0.15, 0.2) is 24.3 Å². The lowest BCUT2D eigenvalue weighted by Crippen LogP contribution is -2.42. The largest absolute Gasteiger partial charge is 0.480 e. The maximum Gasteiger partial charge on any atom is 0.266 e. The van der Waals surface area contributed by atoms with E-state index in [0.717, 1.165) is 12.0 Å². The van der Waals surface area contributed by atoms with E-state index < -0.39 is 0 Å². The molecule has 0 aliphatic rings. The van der Waals surface area contributed by atoms with Crippen molar-refractivity contribution in [2.24, 2.45) is 0 Å². The Hall–Kier alpha value is -3.04. The molecule has 2 N–H and O–H groups in total. The number of thiophene rings is 1. The number of carbonyl (C=O) groups is 2. The molecule has 9 heteroatoms. The number of anilines is 1. The van der Waals surface area contributed by atoms with Gasteiger partial charge in [0.1, 0.15) is 11.4 Å². The summed E-state index contributed by atoms with van der Waals surface area (Å²) in [6.07, 6.45) is 0.823. The van der Waals surface area contributed by atoms with Gasteiger partial charge in [0.15, 0.2) is 5.82 Å². The molecular weight excluding hydrogens is 428 g/mol. The minimum Gasteiger partial charge on any atom is -0.480 e. The van der Waals surface area contributed by atoms with E-state index in [1.54, 1.807) is 31.4 Å². The standard InChI is InChI=1S/C23H28N4O4S/c1-7-23(3,4)27-19(28)14-8-10-15(11-9-14)24-20(29)18-13(2)17-21(31-6)25-16(12-30-5)26-22(17)32-18/h8-11H,7,12H2,1-6H3,(H,24,29)(H,27,28). The maximum absolute atomic E-state index is 13.0. The first kappa shape index (κ1) is 23.6. The molecule has 0 aliphatic heterocycles. The number of ether oxygens (including phenoxy) is 2. The van der Waals surface area contributed by atoms with Gasteiger partial charge in [0, 0.05) is 23.9 Å². The Morgan fingerprint density at radius 2 is 1.78 bits per heavy atom. The van der Waals surface area contributed by atoms with Crippen LogP contribution in [-0.2, 0) is 11.3 Å². The van der Waals surface area contributed by atoms with E-state index in [-0.39, 0.29) is 24.0 Å². The first-order valence-corrected chi connectivity index (χ1v) is 11.1. The van der Waals surface area contributed by atoms with E-state index in [1.807, 2.05) is 27.7 Å². The molecule has 0 radical (unpaired) electrons. The fraction of sp³-hybridized carbons (Fsp3) is 0.391. The number of benzene rings is 1. The fourth-order valence-electron chi connectivity index (χ4n) is 3.06. The normalized spacial score (nSPS) is 11.4. The molecule has 0 unspecified atom stereocenters. The number of nitrogens with one attached hydrogen (secondary N) is 2. The third-order valence-corrected chi connectivity index (χ3v) is 6.40. The van der Waals surface area contributed by atoms with Crippen molar-refractivity contribution in [3.05, 3.63) is 46.1 Å². The van der Waals surface area contributed by atoms with Crippen LogP contribution < -0.4 is 15.4 Å². The Balaban J connectivity index is 1.81. The summed E-state index contributed by atoms with van der Waals surface area (Å²) < 4.78 is 10.5. The number of aromatic nitrogens is 2. The average Bonchev–Trinajstić information content (AvgIpc) is 3.10. The minimum atomic E-state index is -0.282. The van der Waals surface area contributed by atoms with Gasteiger partial charge in [0.05, 0.1) is 17.4 Å². The molecule has 32 heavy (non-hydrogen) atoms. The fourth-order valence-corrected chi connectivity index (χ4v) is 4.15. The number of carbonyl (C=O) groups excluding carboxylic acids is 2. The summed E-state index contributed by atoms with van der Waals surface area (Å²) in [6.45, 7) is 8.07. The Morgan fingerprint density at radius 3 is 2.38 bits per heavy atom. The van der Waals surface area contributed by atoms with Crippen LogP contribution in [-0.4, -0.2) is 41.5 Å². The van der Waals surface area contributed by atoms with Gasteiger partial charge in [0.25, 0.3) is 11.8 Å². The molecule has 3 rings (SSSR count). The molecule has 0 saturated carbocycles. The summed E-state index contributed by atoms with van der Waals surface area (Å²) in [5.41, 5.74) is 1.60. The summed E-state index contributed by atoms with van der Waals surface area (Å²) in [6, 6.07) is 6.82. The number of rotatable bonds is 8. The molecule has 2 aromatic heterocycles. The number of aryl methyl sites for hydroxylation is 1. The highest BCUT2D eigenvalue weighted by atomic mass is 32.1. The zero-order chi connectivity index (χ0) is 23.5. The number of hydrogen-bond donors (Lipinski definition) is 2. The van der Waals surface area contributed by atoms with Crippen LogP contribution in [0.2, 0.25) is 0 Å². The lowest BCUT2D eigenvalue weighted by atomic mass is 10.0. The molecule has 0 spiro atoms. The summed E-state index contributed by atoms with van der Waals surface area (Å²) >= 11 is 1.27. The van der Waals surface area contributed by atoms with Crippen molar-refractivity contribution in [3.8, 4) is 5.88 Å². The second kappa shape index (κ2) is 9.62. The summed E-state index contributed by atoms with van der Waals surface area (Å²) in [7, 11) is 3.10. The SMILES string of the molecule is CCC(C)(C)NC(=O)c1ccc(NC(=O)c2sc3nc(COC)nc(OC)c3c2C)cc1. The zero-order valence-corrected chi connectivity index (χ0v) is 20.0. The first-order chi connectivity index (χ1) is 15.2. The topological polar surface area (TPSA) is 102 Å². The Bertz CT molecular complexity index is 1140. The third-order valence-electron chi connectivity index (χ3n) is 5.22. The number of amides is 2. The van der Waals surface area contributed by atoms with Crippen LogP contribution >= 0.6 is 11.3 Å². The molecule has 2 amide bonds. The quantitative estimate of drug-likeness (QED) is 0.523. The van der Waals surface area contributed by atoms with Crippen molar-refractivity contribution in [1.82, 2.24) is 15.3 Å². The van der Waals surface area contributed by atoms with Crippen LogP contribution in [0.1, 0.15) is 58.6 Å². The van der Waals surface area contributed by atoms with Gasteiger partial charge in [-0.25, -0.2) is 4.98 Å². The molecular formula is C23H28N4O4S. The van der Waals surface area contributed by atoms with Gasteiger partial charge in [0.2, 0.25) is 5.88 Å². The molecule has 0 saturated heterocycles. The number of nitrogens with zero attached hydrogens (tertiary/aromatic N) is 2. The highest BCUT2D eigenvalue weighted by molar-refractivity contribution is 7.20. The van der Waals surface area contributed by atoms with Crippen molar-refractivity contribution in [1.29, 1.82) is 0 Å². The van der Waals surface area contributed by atoms with Crippen molar-refractivity contribution in [3.63, 3.8) is 0 Å². The van der Waals surface area contributed by atoms with Gasteiger partial charge < -0.3 is 20.1 Å². The molecule has 2 heterocycles. The van der Waals surface area contributed by atoms with Crippen LogP contribution in [0, 0.1) is 6.92 Å². The lowest BCUT2D eigenvalue weighted by molar-refractivity contribution is 0.0911. The van der Waals surface area contributed by atoms with E-state index in [0.29, 0.717) is 38.0 Å². The van der Waals surface area contributed by atoms with Gasteiger partial charge in [-0.1, -0.05) is 6.92 Å². The third kappa shape index (κ3) is 5.05. The van der Waals surface area contributed by atoms with Gasteiger partial charge in [-0.15, -0.1) is 11.3 Å². The Labute approximate surface area is 191 Å². The first-order valence-electron chi connectivity index (χ1n) is 10.3. The number of hydrogen-bond acceptors (Lipinski definition) is 7. The number of fused-ring (bicyclic) bond motifs is 1. The summed E-state index contributed by atoms with van der Waals surface area (Å²) in [5, 5.41) is 6.60. The van der Waals surface area contributed by atoms with E-state index in [1.165, 1.54) is 18.4 Å². The molecule has 1 aromatic carbocycles. The van der Waals surface area contributed by atoms with Gasteiger partial charge in [-0.3, -0.25) is 9.59 Å². The predicted molar refractivity (Wildman–Crippen MR) is 126 cm³/mol. The summed E-state index contributed by atoms with van der Waals surface area (Å²) in [4.78, 5) is 35.4. The molecule has 0 aliphatic carbocycles. The van der Waals surface area contributed by atoms with Crippen LogP contribution in [0.3, 0.4) is 0 Å². The highest BCUT2D eigenvalue weighted by Gasteiger charge is 2.22.